The van der Waals surface area contributed by atoms with E-state index in [-0.39, 0.29) is 6.04 Å². The van der Waals surface area contributed by atoms with Crippen molar-refractivity contribution < 1.29 is 9.26 Å². The molecule has 1 saturated heterocycles. The van der Waals surface area contributed by atoms with Crippen molar-refractivity contribution in [2.24, 2.45) is 5.73 Å². The summed E-state index contributed by atoms with van der Waals surface area (Å²) in [5, 5.41) is 6.04. The summed E-state index contributed by atoms with van der Waals surface area (Å²) in [6.07, 6.45) is 0.676. The molecular weight excluding hydrogens is 276 g/mol. The van der Waals surface area contributed by atoms with Crippen LogP contribution in [0.2, 0.25) is 0 Å². The number of thiophene rings is 1. The molecule has 3 heterocycles. The predicted molar refractivity (Wildman–Crippen MR) is 75.6 cm³/mol. The zero-order valence-corrected chi connectivity index (χ0v) is 12.0. The van der Waals surface area contributed by atoms with E-state index in [4.69, 9.17) is 15.0 Å². The van der Waals surface area contributed by atoms with Gasteiger partial charge < -0.3 is 15.0 Å². The molecule has 2 aromatic heterocycles. The van der Waals surface area contributed by atoms with Crippen LogP contribution in [0.5, 0.6) is 0 Å². The lowest BCUT2D eigenvalue weighted by molar-refractivity contribution is 0.0348. The number of hydrogen-bond donors (Lipinski definition) is 1. The van der Waals surface area contributed by atoms with Gasteiger partial charge in [0.25, 0.3) is 0 Å². The van der Waals surface area contributed by atoms with Crippen molar-refractivity contribution in [1.29, 1.82) is 0 Å². The number of nitrogens with two attached hydrogens (primary N) is 1. The van der Waals surface area contributed by atoms with Gasteiger partial charge in [0.05, 0.1) is 25.7 Å². The number of hydrogen-bond acceptors (Lipinski definition) is 7. The minimum atomic E-state index is -0.214. The number of morpholine rings is 1. The van der Waals surface area contributed by atoms with Crippen LogP contribution in [0.4, 0.5) is 0 Å². The molecule has 1 aliphatic heterocycles. The van der Waals surface area contributed by atoms with Crippen LogP contribution in [0.3, 0.4) is 0 Å². The molecule has 6 nitrogen and oxygen atoms in total. The van der Waals surface area contributed by atoms with Gasteiger partial charge in [-0.1, -0.05) is 11.2 Å². The fourth-order valence-electron chi connectivity index (χ4n) is 2.20. The maximum atomic E-state index is 6.15. The lowest BCUT2D eigenvalue weighted by Gasteiger charge is -2.27. The van der Waals surface area contributed by atoms with Gasteiger partial charge in [-0.25, -0.2) is 0 Å². The monoisotopic (exact) mass is 294 g/mol. The second-order valence-corrected chi connectivity index (χ2v) is 5.85. The molecule has 0 radical (unpaired) electrons. The Morgan fingerprint density at radius 1 is 1.40 bits per heavy atom. The summed E-state index contributed by atoms with van der Waals surface area (Å²) in [4.78, 5) is 7.87. The fourth-order valence-corrected chi connectivity index (χ4v) is 2.89. The summed E-state index contributed by atoms with van der Waals surface area (Å²) in [7, 11) is 0. The molecule has 0 saturated carbocycles. The van der Waals surface area contributed by atoms with Gasteiger partial charge in [0.1, 0.15) is 0 Å². The number of rotatable bonds is 5. The maximum absolute atomic E-state index is 6.15. The zero-order valence-electron chi connectivity index (χ0n) is 11.2. The van der Waals surface area contributed by atoms with Crippen molar-refractivity contribution in [3.63, 3.8) is 0 Å². The van der Waals surface area contributed by atoms with E-state index in [1.54, 1.807) is 11.3 Å². The SMILES string of the molecule is NC(CN1CCOCC1)c1noc(Cc2cccs2)n1. The van der Waals surface area contributed by atoms with E-state index in [2.05, 4.69) is 21.1 Å². The predicted octanol–water partition coefficient (Wildman–Crippen LogP) is 1.05. The Balaban J connectivity index is 1.57. The van der Waals surface area contributed by atoms with Crippen LogP contribution in [0.25, 0.3) is 0 Å². The summed E-state index contributed by atoms with van der Waals surface area (Å²) in [5.41, 5.74) is 6.15. The topological polar surface area (TPSA) is 77.4 Å². The van der Waals surface area contributed by atoms with Gasteiger partial charge in [-0.15, -0.1) is 11.3 Å². The molecular formula is C13H18N4O2S. The fraction of sp³-hybridized carbons (Fsp3) is 0.538. The highest BCUT2D eigenvalue weighted by Crippen LogP contribution is 2.15. The van der Waals surface area contributed by atoms with Gasteiger partial charge in [-0.05, 0) is 11.4 Å². The third-order valence-corrected chi connectivity index (χ3v) is 4.16. The molecule has 0 aliphatic carbocycles. The van der Waals surface area contributed by atoms with E-state index in [9.17, 15) is 0 Å². The summed E-state index contributed by atoms with van der Waals surface area (Å²) >= 11 is 1.68. The molecule has 1 fully saturated rings. The number of ether oxygens (including phenoxy) is 1. The van der Waals surface area contributed by atoms with E-state index < -0.39 is 0 Å². The standard InChI is InChI=1S/C13H18N4O2S/c14-11(9-17-3-5-18-6-4-17)13-15-12(19-16-13)8-10-2-1-7-20-10/h1-2,7,11H,3-6,8-9,14H2. The third-order valence-electron chi connectivity index (χ3n) is 3.28. The molecule has 108 valence electrons. The molecule has 0 amide bonds. The molecule has 1 unspecified atom stereocenters. The minimum Gasteiger partial charge on any atom is -0.379 e. The Hall–Kier alpha value is -1.28. The first-order valence-electron chi connectivity index (χ1n) is 6.72. The largest absolute Gasteiger partial charge is 0.379 e. The Morgan fingerprint density at radius 3 is 3.00 bits per heavy atom. The van der Waals surface area contributed by atoms with E-state index in [0.717, 1.165) is 32.8 Å². The van der Waals surface area contributed by atoms with Crippen LogP contribution >= 0.6 is 11.3 Å². The summed E-state index contributed by atoms with van der Waals surface area (Å²) in [5.74, 6) is 1.21. The molecule has 2 aromatic rings. The summed E-state index contributed by atoms with van der Waals surface area (Å²) < 4.78 is 10.6. The molecule has 1 aliphatic rings. The second kappa shape index (κ2) is 6.45. The van der Waals surface area contributed by atoms with E-state index >= 15 is 0 Å². The van der Waals surface area contributed by atoms with Gasteiger partial charge in [-0.3, -0.25) is 4.90 Å². The van der Waals surface area contributed by atoms with Gasteiger partial charge in [0.2, 0.25) is 5.89 Å². The number of nitrogens with zero attached hydrogens (tertiary/aromatic N) is 3. The van der Waals surface area contributed by atoms with Gasteiger partial charge in [0.15, 0.2) is 5.82 Å². The maximum Gasteiger partial charge on any atom is 0.231 e. The second-order valence-electron chi connectivity index (χ2n) is 4.82. The van der Waals surface area contributed by atoms with Gasteiger partial charge >= 0.3 is 0 Å². The molecule has 1 atom stereocenters. The Labute approximate surface area is 121 Å². The first kappa shape index (κ1) is 13.7. The molecule has 2 N–H and O–H groups in total. The Morgan fingerprint density at radius 2 is 2.25 bits per heavy atom. The van der Waals surface area contributed by atoms with E-state index in [1.165, 1.54) is 4.88 Å². The van der Waals surface area contributed by atoms with Crippen LogP contribution in [0.1, 0.15) is 22.6 Å². The highest BCUT2D eigenvalue weighted by Gasteiger charge is 2.19. The normalized spacial score (nSPS) is 18.2. The highest BCUT2D eigenvalue weighted by atomic mass is 32.1. The highest BCUT2D eigenvalue weighted by molar-refractivity contribution is 7.09. The van der Waals surface area contributed by atoms with E-state index in [0.29, 0.717) is 18.1 Å². The van der Waals surface area contributed by atoms with Crippen molar-refractivity contribution >= 4 is 11.3 Å². The quantitative estimate of drug-likeness (QED) is 0.888. The Kier molecular flexibility index (Phi) is 4.41. The summed E-state index contributed by atoms with van der Waals surface area (Å²) in [6, 6.07) is 3.86. The third kappa shape index (κ3) is 3.43. The molecule has 0 bridgehead atoms. The van der Waals surface area contributed by atoms with Crippen molar-refractivity contribution in [1.82, 2.24) is 15.0 Å². The minimum absolute atomic E-state index is 0.214. The van der Waals surface area contributed by atoms with Crippen molar-refractivity contribution in [2.75, 3.05) is 32.8 Å². The van der Waals surface area contributed by atoms with Crippen LogP contribution in [0, 0.1) is 0 Å². The summed E-state index contributed by atoms with van der Waals surface area (Å²) in [6.45, 7) is 4.09. The average Bonchev–Trinajstić information content (AvgIpc) is 3.12. The van der Waals surface area contributed by atoms with Crippen LogP contribution in [0.15, 0.2) is 22.0 Å². The molecule has 0 aromatic carbocycles. The lowest BCUT2D eigenvalue weighted by Crippen LogP contribution is -2.40. The average molecular weight is 294 g/mol. The van der Waals surface area contributed by atoms with Crippen LogP contribution in [-0.4, -0.2) is 47.9 Å². The van der Waals surface area contributed by atoms with E-state index in [1.807, 2.05) is 11.4 Å². The van der Waals surface area contributed by atoms with Crippen LogP contribution < -0.4 is 5.73 Å². The lowest BCUT2D eigenvalue weighted by atomic mass is 10.2. The number of aromatic nitrogens is 2. The van der Waals surface area contributed by atoms with Crippen molar-refractivity contribution in [3.8, 4) is 0 Å². The molecule has 7 heteroatoms. The smallest absolute Gasteiger partial charge is 0.231 e. The molecule has 3 rings (SSSR count). The zero-order chi connectivity index (χ0) is 13.8. The van der Waals surface area contributed by atoms with Gasteiger partial charge in [-0.2, -0.15) is 4.98 Å². The van der Waals surface area contributed by atoms with Crippen molar-refractivity contribution in [2.45, 2.75) is 12.5 Å². The Bertz CT molecular complexity index is 522. The van der Waals surface area contributed by atoms with Crippen LogP contribution in [-0.2, 0) is 11.2 Å². The molecule has 0 spiro atoms. The first-order valence-corrected chi connectivity index (χ1v) is 7.60. The molecule has 20 heavy (non-hydrogen) atoms. The van der Waals surface area contributed by atoms with Crippen molar-refractivity contribution in [3.05, 3.63) is 34.1 Å². The van der Waals surface area contributed by atoms with Gasteiger partial charge in [0, 0.05) is 24.5 Å². The first-order chi connectivity index (χ1) is 9.81.